The molecule has 1 heterocycles. The monoisotopic (exact) mass is 455 g/mol. The lowest BCUT2D eigenvalue weighted by atomic mass is 10.0. The molecule has 0 spiro atoms. The van der Waals surface area contributed by atoms with Crippen molar-refractivity contribution in [3.63, 3.8) is 0 Å². The van der Waals surface area contributed by atoms with Gasteiger partial charge in [-0.05, 0) is 38.0 Å². The second-order valence-electron chi connectivity index (χ2n) is 5.24. The molecule has 2 aromatic rings. The molecular weight excluding hydrogens is 443 g/mol. The molecule has 26 heavy (non-hydrogen) atoms. The van der Waals surface area contributed by atoms with E-state index in [0.717, 1.165) is 6.07 Å². The van der Waals surface area contributed by atoms with Crippen LogP contribution in [0.1, 0.15) is 28.5 Å². The molecule has 11 heteroatoms. The molecule has 2 rings (SSSR count). The van der Waals surface area contributed by atoms with Crippen molar-refractivity contribution in [3.05, 3.63) is 33.4 Å². The van der Waals surface area contributed by atoms with Gasteiger partial charge in [0.2, 0.25) is 0 Å². The quantitative estimate of drug-likeness (QED) is 0.393. The van der Waals surface area contributed by atoms with E-state index < -0.39 is 27.3 Å². The number of alkyl halides is 3. The van der Waals surface area contributed by atoms with Gasteiger partial charge >= 0.3 is 21.6 Å². The topological polar surface area (TPSA) is 82.6 Å². The Morgan fingerprint density at radius 1 is 1.27 bits per heavy atom. The second kappa shape index (κ2) is 7.03. The summed E-state index contributed by atoms with van der Waals surface area (Å²) < 4.78 is 70.6. The summed E-state index contributed by atoms with van der Waals surface area (Å²) in [5, 5.41) is 0.0309. The van der Waals surface area contributed by atoms with Gasteiger partial charge in [-0.2, -0.15) is 21.6 Å². The molecule has 0 bridgehead atoms. The number of aromatic nitrogens is 1. The Kier molecular flexibility index (Phi) is 5.52. The van der Waals surface area contributed by atoms with E-state index in [-0.39, 0.29) is 23.2 Å². The van der Waals surface area contributed by atoms with Crippen LogP contribution < -0.4 is 4.18 Å². The first-order chi connectivity index (χ1) is 11.9. The number of pyridine rings is 1. The zero-order valence-corrected chi connectivity index (χ0v) is 16.2. The molecule has 0 amide bonds. The number of halogens is 4. The number of aryl methyl sites for hydroxylation is 2. The van der Waals surface area contributed by atoms with Crippen LogP contribution in [0.15, 0.2) is 16.6 Å². The van der Waals surface area contributed by atoms with Crippen molar-refractivity contribution in [1.29, 1.82) is 0 Å². The van der Waals surface area contributed by atoms with Crippen LogP contribution in [0.2, 0.25) is 0 Å². The first-order valence-electron chi connectivity index (χ1n) is 7.17. The number of ether oxygens (including phenoxy) is 1. The van der Waals surface area contributed by atoms with Crippen molar-refractivity contribution < 1.29 is 35.3 Å². The van der Waals surface area contributed by atoms with Gasteiger partial charge in [0.25, 0.3) is 0 Å². The van der Waals surface area contributed by atoms with E-state index in [0.29, 0.717) is 15.6 Å². The molecule has 0 fully saturated rings. The van der Waals surface area contributed by atoms with Crippen LogP contribution in [-0.4, -0.2) is 31.5 Å². The predicted octanol–water partition coefficient (Wildman–Crippen LogP) is 4.02. The maximum atomic E-state index is 12.7. The van der Waals surface area contributed by atoms with Crippen LogP contribution in [0.5, 0.6) is 5.75 Å². The van der Waals surface area contributed by atoms with E-state index in [2.05, 4.69) is 25.1 Å². The molecule has 0 unspecified atom stereocenters. The smallest absolute Gasteiger partial charge is 0.461 e. The minimum atomic E-state index is -5.93. The highest BCUT2D eigenvalue weighted by Crippen LogP contribution is 2.37. The highest BCUT2D eigenvalue weighted by atomic mass is 79.9. The number of carbonyl (C=O) groups is 1. The largest absolute Gasteiger partial charge is 0.534 e. The predicted molar refractivity (Wildman–Crippen MR) is 90.5 cm³/mol. The lowest BCUT2D eigenvalue weighted by molar-refractivity contribution is -0.0499. The number of carbonyl (C=O) groups excluding carboxylic acids is 1. The summed E-state index contributed by atoms with van der Waals surface area (Å²) in [6.07, 6.45) is 0. The molecule has 0 saturated carbocycles. The molecule has 0 saturated heterocycles. The second-order valence-corrected chi connectivity index (χ2v) is 7.57. The van der Waals surface area contributed by atoms with Crippen LogP contribution in [-0.2, 0) is 14.9 Å². The molecule has 1 aromatic heterocycles. The number of fused-ring (bicyclic) bond motifs is 1. The van der Waals surface area contributed by atoms with Gasteiger partial charge in [-0.3, -0.25) is 0 Å². The summed E-state index contributed by atoms with van der Waals surface area (Å²) in [4.78, 5) is 16.0. The number of nitrogens with zero attached hydrogens (tertiary/aromatic N) is 1. The maximum Gasteiger partial charge on any atom is 0.534 e. The van der Waals surface area contributed by atoms with Gasteiger partial charge in [0.15, 0.2) is 11.4 Å². The van der Waals surface area contributed by atoms with Crippen molar-refractivity contribution in [1.82, 2.24) is 4.98 Å². The fourth-order valence-electron chi connectivity index (χ4n) is 2.24. The molecule has 0 aliphatic heterocycles. The van der Waals surface area contributed by atoms with E-state index in [9.17, 15) is 26.4 Å². The third-order valence-corrected chi connectivity index (χ3v) is 5.57. The fourth-order valence-corrected chi connectivity index (χ4v) is 3.01. The summed E-state index contributed by atoms with van der Waals surface area (Å²) in [7, 11) is -5.93. The van der Waals surface area contributed by atoms with Crippen LogP contribution in [0, 0.1) is 13.8 Å². The molecule has 0 aliphatic carbocycles. The van der Waals surface area contributed by atoms with E-state index >= 15 is 0 Å². The molecule has 0 N–H and O–H groups in total. The summed E-state index contributed by atoms with van der Waals surface area (Å²) in [6.45, 7) is 4.81. The van der Waals surface area contributed by atoms with Gasteiger partial charge in [0, 0.05) is 15.9 Å². The van der Waals surface area contributed by atoms with Crippen LogP contribution >= 0.6 is 15.9 Å². The van der Waals surface area contributed by atoms with Gasteiger partial charge < -0.3 is 8.92 Å². The number of rotatable bonds is 4. The maximum absolute atomic E-state index is 12.7. The molecule has 142 valence electrons. The van der Waals surface area contributed by atoms with Gasteiger partial charge in [-0.25, -0.2) is 9.78 Å². The Balaban J connectivity index is 2.80. The minimum absolute atomic E-state index is 0.00792. The van der Waals surface area contributed by atoms with Gasteiger partial charge in [0.05, 0.1) is 12.1 Å². The third kappa shape index (κ3) is 3.78. The Morgan fingerprint density at radius 3 is 2.42 bits per heavy atom. The van der Waals surface area contributed by atoms with Crippen molar-refractivity contribution in [2.24, 2.45) is 0 Å². The fraction of sp³-hybridized carbons (Fsp3) is 0.333. The zero-order chi connectivity index (χ0) is 19.9. The molecule has 0 aliphatic rings. The van der Waals surface area contributed by atoms with Crippen LogP contribution in [0.25, 0.3) is 10.9 Å². The van der Waals surface area contributed by atoms with Crippen LogP contribution in [0.4, 0.5) is 13.2 Å². The summed E-state index contributed by atoms with van der Waals surface area (Å²) in [5.74, 6) is -1.57. The normalized spacial score (nSPS) is 12.3. The van der Waals surface area contributed by atoms with E-state index in [1.165, 1.54) is 13.0 Å². The summed E-state index contributed by atoms with van der Waals surface area (Å²) in [5.41, 5.74) is -4.79. The Morgan fingerprint density at radius 2 is 1.88 bits per heavy atom. The SMILES string of the molecule is CCOC(=O)c1cc(OS(=O)(=O)C(F)(F)F)c2c(C)c(Br)c(C)cc2n1. The van der Waals surface area contributed by atoms with E-state index in [1.54, 1.807) is 13.8 Å². The number of benzene rings is 1. The summed E-state index contributed by atoms with van der Waals surface area (Å²) >= 11 is 3.28. The zero-order valence-electron chi connectivity index (χ0n) is 13.8. The Labute approximate surface area is 155 Å². The first-order valence-corrected chi connectivity index (χ1v) is 9.37. The highest BCUT2D eigenvalue weighted by Gasteiger charge is 2.49. The van der Waals surface area contributed by atoms with Crippen molar-refractivity contribution in [2.45, 2.75) is 26.3 Å². The van der Waals surface area contributed by atoms with E-state index in [1.807, 2.05) is 0 Å². The lowest BCUT2D eigenvalue weighted by Crippen LogP contribution is -2.28. The van der Waals surface area contributed by atoms with Crippen molar-refractivity contribution in [2.75, 3.05) is 6.61 Å². The molecule has 1 aromatic carbocycles. The molecule has 0 atom stereocenters. The van der Waals surface area contributed by atoms with Crippen LogP contribution in [0.3, 0.4) is 0 Å². The lowest BCUT2D eigenvalue weighted by Gasteiger charge is -2.15. The number of esters is 1. The Bertz CT molecular complexity index is 989. The number of hydrogen-bond donors (Lipinski definition) is 0. The molecule has 0 radical (unpaired) electrons. The van der Waals surface area contributed by atoms with Gasteiger partial charge in [-0.15, -0.1) is 0 Å². The number of hydrogen-bond acceptors (Lipinski definition) is 6. The minimum Gasteiger partial charge on any atom is -0.461 e. The average molecular weight is 456 g/mol. The van der Waals surface area contributed by atoms with Crippen molar-refractivity contribution in [3.8, 4) is 5.75 Å². The molecular formula is C15H13BrF3NO5S. The average Bonchev–Trinajstić information content (AvgIpc) is 2.50. The summed E-state index contributed by atoms with van der Waals surface area (Å²) in [6, 6.07) is 2.31. The highest BCUT2D eigenvalue weighted by molar-refractivity contribution is 9.10. The Hall–Kier alpha value is -1.88. The molecule has 6 nitrogen and oxygen atoms in total. The van der Waals surface area contributed by atoms with Gasteiger partial charge in [0.1, 0.15) is 0 Å². The van der Waals surface area contributed by atoms with Crippen molar-refractivity contribution >= 4 is 42.9 Å². The standard InChI is InChI=1S/C15H13BrF3NO5S/c1-4-24-14(21)10-6-11(25-26(22,23)15(17,18)19)12-8(3)13(16)7(2)5-9(12)20-10/h5-6H,4H2,1-3H3. The first kappa shape index (κ1) is 20.4. The van der Waals surface area contributed by atoms with Gasteiger partial charge in [-0.1, -0.05) is 15.9 Å². The van der Waals surface area contributed by atoms with E-state index in [4.69, 9.17) is 4.74 Å². The third-order valence-electron chi connectivity index (χ3n) is 3.38.